The Morgan fingerprint density at radius 3 is 2.47 bits per heavy atom. The molecule has 6 nitrogen and oxygen atoms in total. The average molecular weight is 542 g/mol. The number of rotatable bonds is 4. The molecule has 1 N–H and O–H groups in total. The zero-order valence-corrected chi connectivity index (χ0v) is 21.1. The van der Waals surface area contributed by atoms with E-state index in [4.69, 9.17) is 21.1 Å². The summed E-state index contributed by atoms with van der Waals surface area (Å²) in [5.74, 6) is -0.553. The zero-order valence-electron chi connectivity index (χ0n) is 18.8. The van der Waals surface area contributed by atoms with Gasteiger partial charge in [-0.25, -0.2) is 0 Å². The van der Waals surface area contributed by atoms with E-state index in [1.165, 1.54) is 18.2 Å². The maximum absolute atomic E-state index is 13.6. The first kappa shape index (κ1) is 22.9. The molecule has 0 fully saturated rings. The van der Waals surface area contributed by atoms with E-state index in [0.29, 0.717) is 21.9 Å². The number of likely N-dealkylation sites (N-methyl/N-ethyl adjacent to an activating group) is 1. The number of carbonyl (C=O) groups excluding carboxylic acids is 1. The minimum absolute atomic E-state index is 0.108. The van der Waals surface area contributed by atoms with Gasteiger partial charge in [-0.15, -0.1) is 0 Å². The van der Waals surface area contributed by atoms with E-state index >= 15 is 0 Å². The van der Waals surface area contributed by atoms with Gasteiger partial charge in [0, 0.05) is 36.4 Å². The summed E-state index contributed by atoms with van der Waals surface area (Å²) in [4.78, 5) is 19.6. The Hall–Kier alpha value is -2.87. The summed E-state index contributed by atoms with van der Waals surface area (Å²) in [5, 5.41) is 13.0. The number of hydrogen-bond acceptors (Lipinski definition) is 5. The number of amides is 1. The molecule has 5 rings (SSSR count). The molecule has 1 aromatic heterocycles. The standard InChI is InChI=1S/C26H22BrClN2O4/c1-30(2)24(31)20-21(15-7-5-4-6-8-15)26(16-9-11-17(27)12-10-16)25(32,23(20)33-3)22-19(34-26)13-18(28)14-29-22/h4-14,21,32H,1-3H3/t21-,25+,26+/m1/s1. The van der Waals surface area contributed by atoms with Crippen LogP contribution in [0.3, 0.4) is 0 Å². The Morgan fingerprint density at radius 2 is 1.85 bits per heavy atom. The van der Waals surface area contributed by atoms with Crippen LogP contribution in [-0.2, 0) is 20.7 Å². The van der Waals surface area contributed by atoms with Crippen LogP contribution < -0.4 is 4.74 Å². The highest BCUT2D eigenvalue weighted by molar-refractivity contribution is 9.10. The second-order valence-corrected chi connectivity index (χ2v) is 9.90. The fraction of sp³-hybridized carbons (Fsp3) is 0.231. The van der Waals surface area contributed by atoms with Crippen molar-refractivity contribution >= 4 is 33.4 Å². The van der Waals surface area contributed by atoms with Crippen LogP contribution in [0.5, 0.6) is 5.75 Å². The molecule has 34 heavy (non-hydrogen) atoms. The van der Waals surface area contributed by atoms with E-state index in [-0.39, 0.29) is 17.4 Å². The molecule has 2 aromatic carbocycles. The number of fused-ring (bicyclic) bond motifs is 3. The number of aliphatic hydroxyl groups is 1. The Balaban J connectivity index is 1.93. The van der Waals surface area contributed by atoms with Crippen molar-refractivity contribution in [2.45, 2.75) is 17.1 Å². The number of carbonyl (C=O) groups is 1. The van der Waals surface area contributed by atoms with Crippen LogP contribution in [-0.4, -0.2) is 42.1 Å². The molecule has 1 aliphatic carbocycles. The smallest absolute Gasteiger partial charge is 0.253 e. The van der Waals surface area contributed by atoms with Gasteiger partial charge < -0.3 is 19.5 Å². The SMILES string of the molecule is COC1=C(C(=O)N(C)C)[C@@H](c2ccccc2)[C@]2(c3ccc(Br)cc3)Oc3cc(Cl)cnc3[C@]12O. The number of nitrogens with zero attached hydrogens (tertiary/aromatic N) is 2. The number of hydrogen-bond donors (Lipinski definition) is 1. The second kappa shape index (κ2) is 8.12. The third-order valence-corrected chi connectivity index (χ3v) is 7.22. The molecule has 1 aliphatic heterocycles. The Bertz CT molecular complexity index is 1310. The largest absolute Gasteiger partial charge is 0.497 e. The molecule has 2 heterocycles. The van der Waals surface area contributed by atoms with Crippen LogP contribution in [0.1, 0.15) is 22.7 Å². The molecule has 1 amide bonds. The summed E-state index contributed by atoms with van der Waals surface area (Å²) in [5.41, 5.74) is -1.35. The number of benzene rings is 2. The molecule has 3 aromatic rings. The Kier molecular flexibility index (Phi) is 5.47. The predicted molar refractivity (Wildman–Crippen MR) is 132 cm³/mol. The number of pyridine rings is 1. The molecule has 0 saturated carbocycles. The molecule has 2 aliphatic rings. The molecule has 0 radical (unpaired) electrons. The first-order valence-corrected chi connectivity index (χ1v) is 11.8. The van der Waals surface area contributed by atoms with Crippen LogP contribution in [0.15, 0.2) is 82.7 Å². The number of ether oxygens (including phenoxy) is 2. The van der Waals surface area contributed by atoms with Crippen molar-refractivity contribution in [1.29, 1.82) is 0 Å². The maximum atomic E-state index is 13.6. The number of methoxy groups -OCH3 is 1. The minimum Gasteiger partial charge on any atom is -0.497 e. The van der Waals surface area contributed by atoms with Gasteiger partial charge in [-0.1, -0.05) is 70.0 Å². The van der Waals surface area contributed by atoms with Crippen molar-refractivity contribution in [3.63, 3.8) is 0 Å². The van der Waals surface area contributed by atoms with E-state index in [9.17, 15) is 9.90 Å². The molecule has 0 saturated heterocycles. The van der Waals surface area contributed by atoms with Crippen molar-refractivity contribution in [2.24, 2.45) is 0 Å². The van der Waals surface area contributed by atoms with Crippen molar-refractivity contribution in [1.82, 2.24) is 9.88 Å². The van der Waals surface area contributed by atoms with Crippen molar-refractivity contribution in [3.8, 4) is 5.75 Å². The predicted octanol–water partition coefficient (Wildman–Crippen LogP) is 4.76. The van der Waals surface area contributed by atoms with Crippen molar-refractivity contribution in [2.75, 3.05) is 21.2 Å². The van der Waals surface area contributed by atoms with Gasteiger partial charge in [0.2, 0.25) is 5.60 Å². The summed E-state index contributed by atoms with van der Waals surface area (Å²) < 4.78 is 13.4. The Morgan fingerprint density at radius 1 is 1.18 bits per heavy atom. The third-order valence-electron chi connectivity index (χ3n) is 6.49. The van der Waals surface area contributed by atoms with Crippen LogP contribution in [0.4, 0.5) is 0 Å². The maximum Gasteiger partial charge on any atom is 0.253 e. The molecule has 3 atom stereocenters. The first-order chi connectivity index (χ1) is 16.3. The molecule has 0 spiro atoms. The topological polar surface area (TPSA) is 71.9 Å². The monoisotopic (exact) mass is 540 g/mol. The van der Waals surface area contributed by atoms with Gasteiger partial charge in [-0.3, -0.25) is 9.78 Å². The van der Waals surface area contributed by atoms with Gasteiger partial charge >= 0.3 is 0 Å². The summed E-state index contributed by atoms with van der Waals surface area (Å²) in [6.07, 6.45) is 1.45. The van der Waals surface area contributed by atoms with E-state index in [1.807, 2.05) is 54.6 Å². The van der Waals surface area contributed by atoms with Crippen LogP contribution in [0.2, 0.25) is 5.02 Å². The fourth-order valence-corrected chi connectivity index (χ4v) is 5.58. The Labute approximate surface area is 210 Å². The van der Waals surface area contributed by atoms with Gasteiger partial charge in [-0.05, 0) is 17.7 Å². The first-order valence-electron chi connectivity index (χ1n) is 10.6. The van der Waals surface area contributed by atoms with Crippen LogP contribution in [0.25, 0.3) is 0 Å². The normalized spacial score (nSPS) is 24.9. The molecule has 8 heteroatoms. The van der Waals surface area contributed by atoms with Gasteiger partial charge in [0.25, 0.3) is 5.91 Å². The van der Waals surface area contributed by atoms with Gasteiger partial charge in [0.05, 0.1) is 23.6 Å². The summed E-state index contributed by atoms with van der Waals surface area (Å²) in [7, 11) is 4.79. The molecular weight excluding hydrogens is 520 g/mol. The van der Waals surface area contributed by atoms with Crippen LogP contribution in [0, 0.1) is 0 Å². The minimum atomic E-state index is -1.89. The summed E-state index contributed by atoms with van der Waals surface area (Å²) >= 11 is 9.73. The van der Waals surface area contributed by atoms with E-state index in [2.05, 4.69) is 20.9 Å². The molecule has 0 bridgehead atoms. The van der Waals surface area contributed by atoms with E-state index in [0.717, 1.165) is 10.0 Å². The second-order valence-electron chi connectivity index (χ2n) is 8.55. The van der Waals surface area contributed by atoms with Gasteiger partial charge in [0.1, 0.15) is 17.2 Å². The van der Waals surface area contributed by atoms with Crippen molar-refractivity contribution in [3.05, 3.63) is 105 Å². The third kappa shape index (κ3) is 2.97. The van der Waals surface area contributed by atoms with Gasteiger partial charge in [0.15, 0.2) is 5.60 Å². The summed E-state index contributed by atoms with van der Waals surface area (Å²) in [6.45, 7) is 0. The lowest BCUT2D eigenvalue weighted by Crippen LogP contribution is -2.50. The number of halogens is 2. The van der Waals surface area contributed by atoms with E-state index in [1.54, 1.807) is 20.2 Å². The molecule has 0 unspecified atom stereocenters. The lowest BCUT2D eigenvalue weighted by atomic mass is 9.70. The highest BCUT2D eigenvalue weighted by atomic mass is 79.9. The van der Waals surface area contributed by atoms with Crippen molar-refractivity contribution < 1.29 is 19.4 Å². The highest BCUT2D eigenvalue weighted by Gasteiger charge is 2.75. The average Bonchev–Trinajstić information content (AvgIpc) is 3.20. The summed E-state index contributed by atoms with van der Waals surface area (Å²) in [6, 6.07) is 18.6. The highest BCUT2D eigenvalue weighted by Crippen LogP contribution is 2.68. The lowest BCUT2D eigenvalue weighted by molar-refractivity contribution is -0.126. The fourth-order valence-electron chi connectivity index (χ4n) is 5.16. The van der Waals surface area contributed by atoms with E-state index < -0.39 is 17.1 Å². The molecule has 174 valence electrons. The number of aromatic nitrogens is 1. The zero-order chi connectivity index (χ0) is 24.3. The van der Waals surface area contributed by atoms with Gasteiger partial charge in [-0.2, -0.15) is 0 Å². The quantitative estimate of drug-likeness (QED) is 0.516. The lowest BCUT2D eigenvalue weighted by Gasteiger charge is -2.40. The molecular formula is C26H22BrClN2O4. The van der Waals surface area contributed by atoms with Crippen LogP contribution >= 0.6 is 27.5 Å².